The van der Waals surface area contributed by atoms with Crippen molar-refractivity contribution in [3.63, 3.8) is 0 Å². The molecular formula is C25H22IrN8-2. The van der Waals surface area contributed by atoms with Crippen LogP contribution in [0, 0.1) is 6.07 Å². The summed E-state index contributed by atoms with van der Waals surface area (Å²) in [6.07, 6.45) is 5.26. The van der Waals surface area contributed by atoms with Crippen LogP contribution in [0.25, 0.3) is 34.3 Å². The molecule has 34 heavy (non-hydrogen) atoms. The van der Waals surface area contributed by atoms with Gasteiger partial charge in [0.25, 0.3) is 0 Å². The fourth-order valence-corrected chi connectivity index (χ4v) is 2.83. The van der Waals surface area contributed by atoms with Gasteiger partial charge in [-0.15, -0.1) is 46.1 Å². The molecule has 0 atom stereocenters. The number of rotatable bonds is 3. The third kappa shape index (κ3) is 6.43. The van der Waals surface area contributed by atoms with Crippen molar-refractivity contribution in [1.82, 2.24) is 40.6 Å². The first-order valence-corrected chi connectivity index (χ1v) is 10.4. The van der Waals surface area contributed by atoms with E-state index in [1.54, 1.807) is 18.5 Å². The molecule has 4 aromatic heterocycles. The Kier molecular flexibility index (Phi) is 8.40. The zero-order chi connectivity index (χ0) is 23.1. The molecule has 0 unspecified atom stereocenters. The Hall–Kier alpha value is -3.68. The Bertz CT molecular complexity index is 1190. The Morgan fingerprint density at radius 1 is 0.735 bits per heavy atom. The monoisotopic (exact) mass is 627 g/mol. The van der Waals surface area contributed by atoms with Gasteiger partial charge in [-0.1, -0.05) is 44.7 Å². The second-order valence-corrected chi connectivity index (χ2v) is 8.14. The average molecular weight is 627 g/mol. The quantitative estimate of drug-likeness (QED) is 0.275. The van der Waals surface area contributed by atoms with Crippen LogP contribution in [0.15, 0.2) is 79.3 Å². The van der Waals surface area contributed by atoms with Gasteiger partial charge in [-0.3, -0.25) is 9.97 Å². The fraction of sp³-hybridized carbons (Fsp3) is 0.160. The molecule has 5 rings (SSSR count). The van der Waals surface area contributed by atoms with E-state index in [4.69, 9.17) is 0 Å². The smallest absolute Gasteiger partial charge is 0.220 e. The van der Waals surface area contributed by atoms with E-state index in [0.29, 0.717) is 17.3 Å². The van der Waals surface area contributed by atoms with E-state index in [9.17, 15) is 0 Å². The fourth-order valence-electron chi connectivity index (χ4n) is 2.83. The molecule has 8 nitrogen and oxygen atoms in total. The molecule has 0 N–H and O–H groups in total. The second kappa shape index (κ2) is 11.4. The third-order valence-electron chi connectivity index (χ3n) is 4.68. The molecule has 173 valence electrons. The minimum atomic E-state index is 0. The zero-order valence-corrected chi connectivity index (χ0v) is 21.3. The minimum Gasteiger partial charge on any atom is -0.574 e. The summed E-state index contributed by atoms with van der Waals surface area (Å²) < 4.78 is 0. The summed E-state index contributed by atoms with van der Waals surface area (Å²) in [4.78, 5) is 8.52. The predicted octanol–water partition coefficient (Wildman–Crippen LogP) is 4.19. The van der Waals surface area contributed by atoms with Crippen molar-refractivity contribution in [2.45, 2.75) is 26.2 Å². The molecule has 1 radical (unpaired) electrons. The van der Waals surface area contributed by atoms with E-state index in [1.807, 2.05) is 54.7 Å². The molecule has 0 saturated carbocycles. The van der Waals surface area contributed by atoms with Gasteiger partial charge >= 0.3 is 0 Å². The van der Waals surface area contributed by atoms with Gasteiger partial charge in [-0.05, 0) is 29.2 Å². The van der Waals surface area contributed by atoms with Gasteiger partial charge in [0.15, 0.2) is 0 Å². The Morgan fingerprint density at radius 3 is 2.06 bits per heavy atom. The number of hydrogen-bond donors (Lipinski definition) is 0. The normalized spacial score (nSPS) is 10.6. The van der Waals surface area contributed by atoms with Crippen molar-refractivity contribution in [2.75, 3.05) is 0 Å². The molecule has 0 spiro atoms. The summed E-state index contributed by atoms with van der Waals surface area (Å²) in [5, 5.41) is 23.8. The number of hydrogen-bond acceptors (Lipinski definition) is 7. The molecule has 0 aliphatic heterocycles. The van der Waals surface area contributed by atoms with Gasteiger partial charge in [0.1, 0.15) is 11.5 Å². The summed E-state index contributed by atoms with van der Waals surface area (Å²) in [6.45, 7) is 6.52. The molecular weight excluding hydrogens is 605 g/mol. The first-order valence-electron chi connectivity index (χ1n) is 10.4. The maximum Gasteiger partial charge on any atom is 0.220 e. The molecule has 0 amide bonds. The van der Waals surface area contributed by atoms with Crippen LogP contribution >= 0.6 is 0 Å². The van der Waals surface area contributed by atoms with Crippen molar-refractivity contribution in [3.05, 3.63) is 90.9 Å². The van der Waals surface area contributed by atoms with Crippen molar-refractivity contribution < 1.29 is 20.1 Å². The van der Waals surface area contributed by atoms with Crippen LogP contribution in [0.3, 0.4) is 0 Å². The number of pyridine rings is 2. The van der Waals surface area contributed by atoms with Crippen molar-refractivity contribution in [3.8, 4) is 34.3 Å². The Balaban J connectivity index is 0.000000188. The molecule has 9 heteroatoms. The van der Waals surface area contributed by atoms with E-state index in [-0.39, 0.29) is 25.5 Å². The summed E-state index contributed by atoms with van der Waals surface area (Å²) in [5.41, 5.74) is 4.50. The van der Waals surface area contributed by atoms with Crippen LogP contribution < -0.4 is 5.10 Å². The number of benzene rings is 1. The second-order valence-electron chi connectivity index (χ2n) is 8.14. The van der Waals surface area contributed by atoms with E-state index >= 15 is 0 Å². The SMILES string of the molecule is CC(C)(C)c1ccc(-c2ccn[n-]2)nc1.[Ir].[c-]1ccccc1-c1nnc(-c2ccccn2)nn1. The maximum absolute atomic E-state index is 4.39. The molecule has 1 aromatic carbocycles. The van der Waals surface area contributed by atoms with Crippen LogP contribution in [0.2, 0.25) is 0 Å². The topological polar surface area (TPSA) is 104 Å². The molecule has 0 saturated heterocycles. The molecule has 0 fully saturated rings. The van der Waals surface area contributed by atoms with E-state index in [2.05, 4.69) is 73.5 Å². The first-order chi connectivity index (χ1) is 16.0. The van der Waals surface area contributed by atoms with Crippen LogP contribution in [0.5, 0.6) is 0 Å². The van der Waals surface area contributed by atoms with Gasteiger partial charge < -0.3 is 10.2 Å². The predicted molar refractivity (Wildman–Crippen MR) is 125 cm³/mol. The molecule has 0 aliphatic carbocycles. The van der Waals surface area contributed by atoms with Gasteiger partial charge in [0.2, 0.25) is 5.82 Å². The zero-order valence-electron chi connectivity index (χ0n) is 18.9. The van der Waals surface area contributed by atoms with Crippen molar-refractivity contribution in [2.24, 2.45) is 0 Å². The van der Waals surface area contributed by atoms with E-state index in [1.165, 1.54) is 5.56 Å². The minimum absolute atomic E-state index is 0. The molecule has 4 heterocycles. The average Bonchev–Trinajstić information content (AvgIpc) is 3.40. The van der Waals surface area contributed by atoms with Crippen LogP contribution in [-0.4, -0.2) is 35.5 Å². The van der Waals surface area contributed by atoms with Crippen LogP contribution in [0.4, 0.5) is 0 Å². The Morgan fingerprint density at radius 2 is 1.50 bits per heavy atom. The summed E-state index contributed by atoms with van der Waals surface area (Å²) in [5.74, 6) is 0.866. The standard InChI is InChI=1S/C13H8N5.C12H14N3.Ir/c1-2-6-10(7-3-1)12-15-17-13(18-16-12)11-8-4-5-9-14-11;1-12(2,3)9-4-5-10(13-8-9)11-6-7-14-15-11;/h1-6,8-9H;4-8H,1-3H3;/q2*-1;. The maximum atomic E-state index is 4.39. The van der Waals surface area contributed by atoms with E-state index < -0.39 is 0 Å². The number of aromatic nitrogens is 8. The van der Waals surface area contributed by atoms with Gasteiger partial charge in [0.05, 0.1) is 0 Å². The number of nitrogens with zero attached hydrogens (tertiary/aromatic N) is 8. The third-order valence-corrected chi connectivity index (χ3v) is 4.68. The van der Waals surface area contributed by atoms with Gasteiger partial charge in [-0.25, -0.2) is 0 Å². The summed E-state index contributed by atoms with van der Waals surface area (Å²) in [6, 6.07) is 21.9. The largest absolute Gasteiger partial charge is 0.574 e. The molecule has 0 bridgehead atoms. The van der Waals surface area contributed by atoms with Crippen molar-refractivity contribution in [1.29, 1.82) is 0 Å². The van der Waals surface area contributed by atoms with Crippen LogP contribution in [-0.2, 0) is 25.5 Å². The Labute approximate surface area is 211 Å². The molecule has 0 aliphatic rings. The summed E-state index contributed by atoms with van der Waals surface area (Å²) >= 11 is 0. The van der Waals surface area contributed by atoms with Gasteiger partial charge in [-0.2, -0.15) is 10.2 Å². The van der Waals surface area contributed by atoms with Crippen LogP contribution in [0.1, 0.15) is 26.3 Å². The summed E-state index contributed by atoms with van der Waals surface area (Å²) in [7, 11) is 0. The van der Waals surface area contributed by atoms with Crippen molar-refractivity contribution >= 4 is 0 Å². The first kappa shape index (κ1) is 25.0. The molecule has 5 aromatic rings. The van der Waals surface area contributed by atoms with E-state index in [0.717, 1.165) is 17.0 Å². The van der Waals surface area contributed by atoms with Gasteiger partial charge in [0, 0.05) is 44.4 Å².